The minimum atomic E-state index is -3.77. The summed E-state index contributed by atoms with van der Waals surface area (Å²) in [5.74, 6) is -1.24. The molecule has 0 aromatic heterocycles. The number of sulfonamides is 1. The van der Waals surface area contributed by atoms with Crippen LogP contribution in [0.1, 0.15) is 35.2 Å². The van der Waals surface area contributed by atoms with E-state index in [1.807, 2.05) is 0 Å². The molecule has 2 atom stereocenters. The van der Waals surface area contributed by atoms with Crippen LogP contribution in [0, 0.1) is 12.8 Å². The van der Waals surface area contributed by atoms with E-state index in [2.05, 4.69) is 4.72 Å². The second-order valence-electron chi connectivity index (χ2n) is 5.39. The Morgan fingerprint density at radius 3 is 2.67 bits per heavy atom. The first-order valence-corrected chi connectivity index (χ1v) is 8.31. The topological polar surface area (TPSA) is 104 Å². The molecule has 1 aromatic rings. The lowest BCUT2D eigenvalue weighted by molar-refractivity contribution is 0.0696. The van der Waals surface area contributed by atoms with E-state index < -0.39 is 22.1 Å². The summed E-state index contributed by atoms with van der Waals surface area (Å²) in [6, 6.07) is 4.02. The van der Waals surface area contributed by atoms with Gasteiger partial charge in [-0.3, -0.25) is 0 Å². The van der Waals surface area contributed by atoms with Crippen LogP contribution in [0.4, 0.5) is 0 Å². The summed E-state index contributed by atoms with van der Waals surface area (Å²) in [7, 11) is -3.77. The molecule has 1 aromatic carbocycles. The van der Waals surface area contributed by atoms with Gasteiger partial charge < -0.3 is 10.2 Å². The Morgan fingerprint density at radius 1 is 1.38 bits per heavy atom. The fraction of sp³-hybridized carbons (Fsp3) is 0.500. The third kappa shape index (κ3) is 3.61. The molecule has 116 valence electrons. The molecular weight excluding hydrogens is 294 g/mol. The number of nitrogens with one attached hydrogen (secondary N) is 1. The Kier molecular flexibility index (Phi) is 4.65. The van der Waals surface area contributed by atoms with E-state index in [0.29, 0.717) is 12.0 Å². The molecule has 1 aliphatic carbocycles. The smallest absolute Gasteiger partial charge is 0.335 e. The van der Waals surface area contributed by atoms with Gasteiger partial charge in [-0.1, -0.05) is 12.5 Å². The largest absolute Gasteiger partial charge is 0.478 e. The number of hydrogen-bond donors (Lipinski definition) is 3. The van der Waals surface area contributed by atoms with Crippen LogP contribution in [-0.4, -0.2) is 37.2 Å². The van der Waals surface area contributed by atoms with Gasteiger partial charge in [-0.2, -0.15) is 0 Å². The van der Waals surface area contributed by atoms with Crippen LogP contribution in [0.2, 0.25) is 0 Å². The first-order chi connectivity index (χ1) is 9.81. The zero-order chi connectivity index (χ0) is 15.6. The highest BCUT2D eigenvalue weighted by atomic mass is 32.2. The van der Waals surface area contributed by atoms with Gasteiger partial charge in [0, 0.05) is 6.54 Å². The van der Waals surface area contributed by atoms with E-state index in [4.69, 9.17) is 5.11 Å². The molecule has 1 saturated carbocycles. The van der Waals surface area contributed by atoms with Crippen LogP contribution >= 0.6 is 0 Å². The average Bonchev–Trinajstić information content (AvgIpc) is 2.82. The van der Waals surface area contributed by atoms with E-state index in [1.165, 1.54) is 12.1 Å². The number of carboxylic acid groups (broad SMARTS) is 1. The van der Waals surface area contributed by atoms with Crippen molar-refractivity contribution < 1.29 is 23.4 Å². The average molecular weight is 313 g/mol. The summed E-state index contributed by atoms with van der Waals surface area (Å²) >= 11 is 0. The van der Waals surface area contributed by atoms with Gasteiger partial charge in [-0.05, 0) is 43.4 Å². The number of carbonyl (C=O) groups is 1. The Morgan fingerprint density at radius 2 is 2.10 bits per heavy atom. The van der Waals surface area contributed by atoms with Crippen molar-refractivity contribution in [2.45, 2.75) is 37.2 Å². The third-order valence-electron chi connectivity index (χ3n) is 3.90. The summed E-state index contributed by atoms with van der Waals surface area (Å²) < 4.78 is 26.8. The molecular formula is C14H19NO5S. The number of aliphatic hydroxyl groups is 1. The molecule has 0 aliphatic heterocycles. The van der Waals surface area contributed by atoms with Crippen LogP contribution < -0.4 is 4.72 Å². The number of aliphatic hydroxyl groups excluding tert-OH is 1. The number of benzene rings is 1. The van der Waals surface area contributed by atoms with Crippen LogP contribution in [-0.2, 0) is 10.0 Å². The van der Waals surface area contributed by atoms with Crippen molar-refractivity contribution in [2.24, 2.45) is 5.92 Å². The lowest BCUT2D eigenvalue weighted by Crippen LogP contribution is -2.32. The minimum absolute atomic E-state index is 0.0289. The molecule has 0 heterocycles. The number of aryl methyl sites for hydroxylation is 1. The molecule has 0 saturated heterocycles. The van der Waals surface area contributed by atoms with Gasteiger partial charge in [0.1, 0.15) is 0 Å². The van der Waals surface area contributed by atoms with Crippen LogP contribution in [0.25, 0.3) is 0 Å². The maximum atomic E-state index is 12.2. The molecule has 1 aliphatic rings. The molecule has 1 fully saturated rings. The molecule has 21 heavy (non-hydrogen) atoms. The van der Waals surface area contributed by atoms with Crippen LogP contribution in [0.5, 0.6) is 0 Å². The first-order valence-electron chi connectivity index (χ1n) is 6.83. The van der Waals surface area contributed by atoms with Crippen molar-refractivity contribution >= 4 is 16.0 Å². The number of aromatic carboxylic acids is 1. The molecule has 2 unspecified atom stereocenters. The van der Waals surface area contributed by atoms with Crippen molar-refractivity contribution in [2.75, 3.05) is 6.54 Å². The monoisotopic (exact) mass is 313 g/mol. The minimum Gasteiger partial charge on any atom is -0.478 e. The summed E-state index contributed by atoms with van der Waals surface area (Å²) in [4.78, 5) is 11.0. The summed E-state index contributed by atoms with van der Waals surface area (Å²) in [6.07, 6.45) is 1.90. The second kappa shape index (κ2) is 6.13. The molecule has 2 rings (SSSR count). The predicted molar refractivity (Wildman–Crippen MR) is 76.7 cm³/mol. The highest BCUT2D eigenvalue weighted by Crippen LogP contribution is 2.25. The maximum Gasteiger partial charge on any atom is 0.335 e. The predicted octanol–water partition coefficient (Wildman–Crippen LogP) is 1.13. The second-order valence-corrected chi connectivity index (χ2v) is 7.16. The zero-order valence-corrected chi connectivity index (χ0v) is 12.6. The van der Waals surface area contributed by atoms with Crippen LogP contribution in [0.15, 0.2) is 23.1 Å². The Balaban J connectivity index is 2.15. The van der Waals surface area contributed by atoms with Crippen molar-refractivity contribution in [1.29, 1.82) is 0 Å². The van der Waals surface area contributed by atoms with E-state index in [0.717, 1.165) is 18.9 Å². The lowest BCUT2D eigenvalue weighted by atomic mass is 10.1. The van der Waals surface area contributed by atoms with Crippen molar-refractivity contribution in [3.63, 3.8) is 0 Å². The van der Waals surface area contributed by atoms with Gasteiger partial charge in [0.25, 0.3) is 0 Å². The van der Waals surface area contributed by atoms with Crippen LogP contribution in [0.3, 0.4) is 0 Å². The van der Waals surface area contributed by atoms with E-state index in [9.17, 15) is 18.3 Å². The van der Waals surface area contributed by atoms with E-state index >= 15 is 0 Å². The third-order valence-corrected chi connectivity index (χ3v) is 5.33. The summed E-state index contributed by atoms with van der Waals surface area (Å²) in [5.41, 5.74) is 0.478. The van der Waals surface area contributed by atoms with E-state index in [1.54, 1.807) is 6.92 Å². The highest BCUT2D eigenvalue weighted by Gasteiger charge is 2.27. The lowest BCUT2D eigenvalue weighted by Gasteiger charge is -2.15. The van der Waals surface area contributed by atoms with Gasteiger partial charge in [-0.15, -0.1) is 0 Å². The Labute approximate surface area is 123 Å². The first kappa shape index (κ1) is 15.9. The van der Waals surface area contributed by atoms with Gasteiger partial charge in [0.05, 0.1) is 16.6 Å². The Bertz CT molecular complexity index is 641. The SMILES string of the molecule is Cc1ccc(S(=O)(=O)NCC2CCCC2O)cc1C(=O)O. The Hall–Kier alpha value is -1.44. The maximum absolute atomic E-state index is 12.2. The summed E-state index contributed by atoms with van der Waals surface area (Å²) in [5, 5.41) is 18.7. The molecule has 0 spiro atoms. The fourth-order valence-electron chi connectivity index (χ4n) is 2.55. The summed E-state index contributed by atoms with van der Waals surface area (Å²) in [6.45, 7) is 1.78. The van der Waals surface area contributed by atoms with Crippen molar-refractivity contribution in [3.05, 3.63) is 29.3 Å². The van der Waals surface area contributed by atoms with Gasteiger partial charge in [0.2, 0.25) is 10.0 Å². The van der Waals surface area contributed by atoms with E-state index in [-0.39, 0.29) is 22.9 Å². The zero-order valence-electron chi connectivity index (χ0n) is 11.7. The molecule has 0 bridgehead atoms. The van der Waals surface area contributed by atoms with Gasteiger partial charge >= 0.3 is 5.97 Å². The molecule has 7 heteroatoms. The quantitative estimate of drug-likeness (QED) is 0.756. The number of carboxylic acids is 1. The van der Waals surface area contributed by atoms with Crippen molar-refractivity contribution in [3.8, 4) is 0 Å². The fourth-order valence-corrected chi connectivity index (χ4v) is 3.67. The number of hydrogen-bond acceptors (Lipinski definition) is 4. The molecule has 0 radical (unpaired) electrons. The van der Waals surface area contributed by atoms with Crippen molar-refractivity contribution in [1.82, 2.24) is 4.72 Å². The van der Waals surface area contributed by atoms with Gasteiger partial charge in [0.15, 0.2) is 0 Å². The number of rotatable bonds is 5. The van der Waals surface area contributed by atoms with Gasteiger partial charge in [-0.25, -0.2) is 17.9 Å². The molecule has 6 nitrogen and oxygen atoms in total. The highest BCUT2D eigenvalue weighted by molar-refractivity contribution is 7.89. The molecule has 0 amide bonds. The standard InChI is InChI=1S/C14H19NO5S/c1-9-5-6-11(7-12(9)14(17)18)21(19,20)15-8-10-3-2-4-13(10)16/h5-7,10,13,15-16H,2-4,8H2,1H3,(H,17,18). The molecule has 3 N–H and O–H groups in total. The normalized spacial score (nSPS) is 22.4.